The van der Waals surface area contributed by atoms with Gasteiger partial charge in [-0.3, -0.25) is 0 Å². The topological polar surface area (TPSA) is 17.1 Å². The quantitative estimate of drug-likeness (QED) is 0.666. The molecule has 13 heavy (non-hydrogen) atoms. The SMILES string of the molecule is CC1(C)C2CC[C@@]1(C)C(=O)C2[Se]Cl. The standard InChI is InChI=1S/C10H15ClOSe/c1-9(2)6-4-5-10(9,3)8(12)7(6)13-11/h6-7H,4-5H2,1-3H3/t6?,7?,10-/m0/s1. The molecule has 0 radical (unpaired) electrons. The molecule has 1 nitrogen and oxygen atoms in total. The van der Waals surface area contributed by atoms with Crippen molar-refractivity contribution < 1.29 is 4.79 Å². The molecule has 3 atom stereocenters. The van der Waals surface area contributed by atoms with Crippen LogP contribution in [0.25, 0.3) is 0 Å². The summed E-state index contributed by atoms with van der Waals surface area (Å²) in [7, 11) is 5.93. The van der Waals surface area contributed by atoms with Gasteiger partial charge in [-0.2, -0.15) is 0 Å². The van der Waals surface area contributed by atoms with Crippen molar-refractivity contribution >= 4 is 29.9 Å². The molecular weight excluding hydrogens is 251 g/mol. The van der Waals surface area contributed by atoms with Crippen molar-refractivity contribution in [3.8, 4) is 0 Å². The fourth-order valence-electron chi connectivity index (χ4n) is 3.11. The average molecular weight is 266 g/mol. The molecule has 2 aliphatic rings. The van der Waals surface area contributed by atoms with Crippen LogP contribution in [-0.2, 0) is 4.79 Å². The molecular formula is C10H15ClOSe. The van der Waals surface area contributed by atoms with E-state index in [-0.39, 0.29) is 29.7 Å². The van der Waals surface area contributed by atoms with Crippen LogP contribution in [0.15, 0.2) is 0 Å². The Kier molecular flexibility index (Phi) is 2.11. The van der Waals surface area contributed by atoms with Gasteiger partial charge >= 0.3 is 89.9 Å². The minimum atomic E-state index is -0.0705. The van der Waals surface area contributed by atoms with Crippen LogP contribution in [0.3, 0.4) is 0 Å². The fourth-order valence-corrected chi connectivity index (χ4v) is 6.15. The maximum absolute atomic E-state index is 12.1. The molecule has 2 aliphatic carbocycles. The zero-order valence-corrected chi connectivity index (χ0v) is 10.7. The summed E-state index contributed by atoms with van der Waals surface area (Å²) in [4.78, 5) is 12.3. The van der Waals surface area contributed by atoms with E-state index in [0.717, 1.165) is 6.42 Å². The zero-order chi connectivity index (χ0) is 9.85. The summed E-state index contributed by atoms with van der Waals surface area (Å²) in [5, 5.41) is 0. The van der Waals surface area contributed by atoms with Gasteiger partial charge in [0.15, 0.2) is 0 Å². The van der Waals surface area contributed by atoms with Gasteiger partial charge in [0, 0.05) is 0 Å². The number of carbonyl (C=O) groups is 1. The molecule has 0 aliphatic heterocycles. The Morgan fingerprint density at radius 1 is 1.46 bits per heavy atom. The first-order valence-electron chi connectivity index (χ1n) is 4.77. The van der Waals surface area contributed by atoms with E-state index in [1.807, 2.05) is 0 Å². The Balaban J connectivity index is 2.44. The van der Waals surface area contributed by atoms with E-state index in [2.05, 4.69) is 20.8 Å². The van der Waals surface area contributed by atoms with Crippen molar-refractivity contribution in [1.82, 2.24) is 0 Å². The molecule has 2 saturated carbocycles. The maximum atomic E-state index is 12.1. The molecule has 2 bridgehead atoms. The predicted octanol–water partition coefficient (Wildman–Crippen LogP) is 2.66. The van der Waals surface area contributed by atoms with E-state index in [1.165, 1.54) is 6.42 Å². The van der Waals surface area contributed by atoms with Crippen LogP contribution in [0, 0.1) is 16.7 Å². The number of fused-ring (bicyclic) bond motifs is 2. The second kappa shape index (κ2) is 2.74. The van der Waals surface area contributed by atoms with Crippen molar-refractivity contribution in [3.05, 3.63) is 0 Å². The third-order valence-electron chi connectivity index (χ3n) is 4.57. The van der Waals surface area contributed by atoms with Crippen LogP contribution in [0.1, 0.15) is 33.6 Å². The van der Waals surface area contributed by atoms with Crippen molar-refractivity contribution in [2.45, 2.75) is 38.4 Å². The minimum absolute atomic E-state index is 0.0167. The molecule has 2 unspecified atom stereocenters. The van der Waals surface area contributed by atoms with Crippen molar-refractivity contribution in [1.29, 1.82) is 0 Å². The number of rotatable bonds is 1. The molecule has 0 spiro atoms. The van der Waals surface area contributed by atoms with Gasteiger partial charge in [0.05, 0.1) is 0 Å². The van der Waals surface area contributed by atoms with Crippen LogP contribution in [-0.4, -0.2) is 19.8 Å². The Labute approximate surface area is 90.0 Å². The molecule has 74 valence electrons. The molecule has 0 aromatic heterocycles. The molecule has 3 heteroatoms. The number of Topliss-reactive ketones (excluding diaryl/α,β-unsaturated/α-hetero) is 1. The molecule has 0 aromatic rings. The van der Waals surface area contributed by atoms with E-state index in [4.69, 9.17) is 10.1 Å². The Morgan fingerprint density at radius 3 is 2.38 bits per heavy atom. The van der Waals surface area contributed by atoms with Crippen LogP contribution in [0.4, 0.5) is 0 Å². The second-order valence-electron chi connectivity index (χ2n) is 5.07. The van der Waals surface area contributed by atoms with E-state index in [0.29, 0.717) is 11.7 Å². The van der Waals surface area contributed by atoms with Gasteiger partial charge in [0.2, 0.25) is 0 Å². The van der Waals surface area contributed by atoms with E-state index >= 15 is 0 Å². The third kappa shape index (κ3) is 0.976. The average Bonchev–Trinajstić information content (AvgIpc) is 2.36. The van der Waals surface area contributed by atoms with Gasteiger partial charge in [-0.05, 0) is 0 Å². The van der Waals surface area contributed by atoms with Gasteiger partial charge < -0.3 is 0 Å². The van der Waals surface area contributed by atoms with Crippen LogP contribution < -0.4 is 0 Å². The Bertz CT molecular complexity index is 264. The molecule has 0 heterocycles. The first kappa shape index (κ1) is 10.0. The van der Waals surface area contributed by atoms with Crippen LogP contribution >= 0.6 is 10.1 Å². The number of halogens is 1. The summed E-state index contributed by atoms with van der Waals surface area (Å²) in [5.41, 5.74) is 0.115. The number of hydrogen-bond acceptors (Lipinski definition) is 1. The van der Waals surface area contributed by atoms with Gasteiger partial charge in [0.25, 0.3) is 0 Å². The van der Waals surface area contributed by atoms with Crippen LogP contribution in [0.2, 0.25) is 4.82 Å². The Morgan fingerprint density at radius 2 is 2.08 bits per heavy atom. The Hall–Kier alpha value is 0.479. The molecule has 0 amide bonds. The summed E-state index contributed by atoms with van der Waals surface area (Å²) >= 11 is -0.0167. The molecule has 0 N–H and O–H groups in total. The first-order chi connectivity index (χ1) is 5.95. The summed E-state index contributed by atoms with van der Waals surface area (Å²) in [6.45, 7) is 6.62. The van der Waals surface area contributed by atoms with Crippen LogP contribution in [0.5, 0.6) is 0 Å². The van der Waals surface area contributed by atoms with E-state index < -0.39 is 0 Å². The van der Waals surface area contributed by atoms with Gasteiger partial charge in [-0.1, -0.05) is 0 Å². The number of ketones is 1. The summed E-state index contributed by atoms with van der Waals surface area (Å²) in [6.07, 6.45) is 2.28. The van der Waals surface area contributed by atoms with E-state index in [9.17, 15) is 4.79 Å². The van der Waals surface area contributed by atoms with Crippen molar-refractivity contribution in [2.75, 3.05) is 0 Å². The molecule has 0 saturated heterocycles. The van der Waals surface area contributed by atoms with Gasteiger partial charge in [-0.25, -0.2) is 0 Å². The van der Waals surface area contributed by atoms with Crippen molar-refractivity contribution in [3.63, 3.8) is 0 Å². The third-order valence-corrected chi connectivity index (χ3v) is 7.11. The number of carbonyl (C=O) groups excluding carboxylic acids is 1. The molecule has 2 rings (SSSR count). The number of hydrogen-bond donors (Lipinski definition) is 0. The predicted molar refractivity (Wildman–Crippen MR) is 55.0 cm³/mol. The summed E-state index contributed by atoms with van der Waals surface area (Å²) < 4.78 is 0. The normalized spacial score (nSPS) is 47.2. The molecule has 0 aromatic carbocycles. The van der Waals surface area contributed by atoms with Gasteiger partial charge in [0.1, 0.15) is 0 Å². The summed E-state index contributed by atoms with van der Waals surface area (Å²) in [5.74, 6) is 1.01. The zero-order valence-electron chi connectivity index (χ0n) is 8.26. The monoisotopic (exact) mass is 266 g/mol. The van der Waals surface area contributed by atoms with Gasteiger partial charge in [-0.15, -0.1) is 0 Å². The second-order valence-corrected chi connectivity index (χ2v) is 7.44. The first-order valence-corrected chi connectivity index (χ1v) is 8.01. The fraction of sp³-hybridized carbons (Fsp3) is 0.900. The van der Waals surface area contributed by atoms with E-state index in [1.54, 1.807) is 0 Å². The summed E-state index contributed by atoms with van der Waals surface area (Å²) in [6, 6.07) is 0. The van der Waals surface area contributed by atoms with Crippen molar-refractivity contribution in [2.24, 2.45) is 16.7 Å². The molecule has 2 fully saturated rings.